The molecular weight excluding hydrogens is 230 g/mol. The Hall–Kier alpha value is -0.420. The Bertz CT molecular complexity index is 400. The predicted octanol–water partition coefficient (Wildman–Crippen LogP) is 0.574. The average molecular weight is 249 g/mol. The number of nitrogens with two attached hydrogens (primary N) is 1. The van der Waals surface area contributed by atoms with Crippen LogP contribution in [0.3, 0.4) is 0 Å². The summed E-state index contributed by atoms with van der Waals surface area (Å²) < 4.78 is 0. The van der Waals surface area contributed by atoms with Crippen LogP contribution >= 0.6 is 11.3 Å². The first-order valence-electron chi connectivity index (χ1n) is 6.52. The third-order valence-electron chi connectivity index (χ3n) is 4.89. The van der Waals surface area contributed by atoms with Crippen molar-refractivity contribution in [2.45, 2.75) is 11.5 Å². The van der Waals surface area contributed by atoms with Crippen molar-refractivity contribution in [3.8, 4) is 0 Å². The van der Waals surface area contributed by atoms with Gasteiger partial charge in [-0.1, -0.05) is 6.07 Å². The zero-order valence-corrected chi connectivity index (χ0v) is 10.8. The highest BCUT2D eigenvalue weighted by Gasteiger charge is 2.53. The molecule has 4 aliphatic heterocycles. The summed E-state index contributed by atoms with van der Waals surface area (Å²) in [6.07, 6.45) is 0. The summed E-state index contributed by atoms with van der Waals surface area (Å²) in [6, 6.07) is 4.82. The lowest BCUT2D eigenvalue weighted by molar-refractivity contribution is 0.0373. The minimum atomic E-state index is 0.214. The van der Waals surface area contributed by atoms with Crippen molar-refractivity contribution in [2.24, 2.45) is 11.7 Å². The normalized spacial score (nSPS) is 48.3. The van der Waals surface area contributed by atoms with Crippen LogP contribution in [0.25, 0.3) is 0 Å². The van der Waals surface area contributed by atoms with Crippen molar-refractivity contribution >= 4 is 11.3 Å². The van der Waals surface area contributed by atoms with Crippen LogP contribution in [-0.4, -0.2) is 55.1 Å². The van der Waals surface area contributed by atoms with Crippen LogP contribution in [0.1, 0.15) is 4.88 Å². The number of hydrogen-bond donors (Lipinski definition) is 1. The van der Waals surface area contributed by atoms with E-state index in [1.807, 2.05) is 11.3 Å². The maximum Gasteiger partial charge on any atom is 0.0455 e. The number of thiophene rings is 1. The van der Waals surface area contributed by atoms with Gasteiger partial charge in [-0.25, -0.2) is 0 Å². The van der Waals surface area contributed by atoms with Gasteiger partial charge in [0, 0.05) is 61.5 Å². The second kappa shape index (κ2) is 3.54. The summed E-state index contributed by atoms with van der Waals surface area (Å²) in [4.78, 5) is 6.79. The molecule has 0 radical (unpaired) electrons. The van der Waals surface area contributed by atoms with Crippen molar-refractivity contribution in [1.82, 2.24) is 9.80 Å². The number of rotatable bonds is 1. The molecule has 5 heterocycles. The second-order valence-corrected chi connectivity index (χ2v) is 6.84. The SMILES string of the molecule is NC1C2CN3CCN(C2)CC1(c1cccs1)C3. The van der Waals surface area contributed by atoms with E-state index in [9.17, 15) is 0 Å². The summed E-state index contributed by atoms with van der Waals surface area (Å²) in [7, 11) is 0. The van der Waals surface area contributed by atoms with Gasteiger partial charge in [0.05, 0.1) is 0 Å². The summed E-state index contributed by atoms with van der Waals surface area (Å²) >= 11 is 1.89. The van der Waals surface area contributed by atoms with Crippen molar-refractivity contribution in [3.63, 3.8) is 0 Å². The Morgan fingerprint density at radius 3 is 2.53 bits per heavy atom. The molecule has 92 valence electrons. The molecule has 2 N–H and O–H groups in total. The van der Waals surface area contributed by atoms with E-state index < -0.39 is 0 Å². The number of piperidine rings is 2. The highest BCUT2D eigenvalue weighted by Crippen LogP contribution is 2.43. The zero-order valence-electron chi connectivity index (χ0n) is 10.0. The van der Waals surface area contributed by atoms with Crippen LogP contribution in [0, 0.1) is 5.92 Å². The van der Waals surface area contributed by atoms with Gasteiger partial charge in [0.2, 0.25) is 0 Å². The fourth-order valence-electron chi connectivity index (χ4n) is 4.09. The van der Waals surface area contributed by atoms with Crippen LogP contribution < -0.4 is 5.73 Å². The van der Waals surface area contributed by atoms with Gasteiger partial charge in [0.1, 0.15) is 0 Å². The molecule has 0 spiro atoms. The van der Waals surface area contributed by atoms with Crippen LogP contribution in [0.15, 0.2) is 17.5 Å². The molecule has 4 bridgehead atoms. The van der Waals surface area contributed by atoms with Gasteiger partial charge in [0.25, 0.3) is 0 Å². The van der Waals surface area contributed by atoms with Crippen molar-refractivity contribution < 1.29 is 0 Å². The molecule has 3 nitrogen and oxygen atoms in total. The van der Waals surface area contributed by atoms with Crippen molar-refractivity contribution in [3.05, 3.63) is 22.4 Å². The molecule has 4 aliphatic rings. The molecule has 0 aromatic carbocycles. The van der Waals surface area contributed by atoms with E-state index in [0.29, 0.717) is 12.0 Å². The lowest BCUT2D eigenvalue weighted by Crippen LogP contribution is -2.68. The maximum atomic E-state index is 6.62. The molecule has 4 fully saturated rings. The van der Waals surface area contributed by atoms with E-state index >= 15 is 0 Å². The molecule has 3 atom stereocenters. The first-order chi connectivity index (χ1) is 8.28. The molecule has 4 heteroatoms. The second-order valence-electron chi connectivity index (χ2n) is 5.89. The molecule has 4 saturated heterocycles. The van der Waals surface area contributed by atoms with Crippen molar-refractivity contribution in [1.29, 1.82) is 0 Å². The van der Waals surface area contributed by atoms with Crippen LogP contribution in [-0.2, 0) is 5.41 Å². The van der Waals surface area contributed by atoms with Gasteiger partial charge in [-0.2, -0.15) is 0 Å². The minimum absolute atomic E-state index is 0.214. The van der Waals surface area contributed by atoms with Crippen molar-refractivity contribution in [2.75, 3.05) is 39.3 Å². The van der Waals surface area contributed by atoms with Gasteiger partial charge in [-0.05, 0) is 11.4 Å². The highest BCUT2D eigenvalue weighted by molar-refractivity contribution is 7.10. The Balaban J connectivity index is 1.83. The Morgan fingerprint density at radius 1 is 1.24 bits per heavy atom. The van der Waals surface area contributed by atoms with Crippen LogP contribution in [0.4, 0.5) is 0 Å². The fourth-order valence-corrected chi connectivity index (χ4v) is 5.05. The summed E-state index contributed by atoms with van der Waals surface area (Å²) in [5.74, 6) is 0.669. The predicted molar refractivity (Wildman–Crippen MR) is 70.3 cm³/mol. The molecule has 1 aromatic rings. The summed E-state index contributed by atoms with van der Waals surface area (Å²) in [5, 5.41) is 2.20. The summed E-state index contributed by atoms with van der Waals surface area (Å²) in [5.41, 5.74) is 6.83. The van der Waals surface area contributed by atoms with Gasteiger partial charge < -0.3 is 15.5 Å². The molecule has 1 aromatic heterocycles. The monoisotopic (exact) mass is 249 g/mol. The third kappa shape index (κ3) is 1.38. The number of hydrogen-bond acceptors (Lipinski definition) is 4. The molecule has 0 saturated carbocycles. The van der Waals surface area contributed by atoms with E-state index in [1.54, 1.807) is 0 Å². The number of fused-ring (bicyclic) bond motifs is 1. The Kier molecular flexibility index (Phi) is 2.19. The molecule has 3 unspecified atom stereocenters. The first-order valence-corrected chi connectivity index (χ1v) is 7.40. The fraction of sp³-hybridized carbons (Fsp3) is 0.692. The lowest BCUT2D eigenvalue weighted by atomic mass is 9.67. The smallest absolute Gasteiger partial charge is 0.0455 e. The van der Waals surface area contributed by atoms with Crippen LogP contribution in [0.2, 0.25) is 0 Å². The minimum Gasteiger partial charge on any atom is -0.326 e. The van der Waals surface area contributed by atoms with Crippen LogP contribution in [0.5, 0.6) is 0 Å². The van der Waals surface area contributed by atoms with E-state index in [-0.39, 0.29) is 5.41 Å². The average Bonchev–Trinajstić information content (AvgIpc) is 2.72. The summed E-state index contributed by atoms with van der Waals surface area (Å²) in [6.45, 7) is 7.23. The number of nitrogens with zero attached hydrogens (tertiary/aromatic N) is 2. The van der Waals surface area contributed by atoms with Gasteiger partial charge >= 0.3 is 0 Å². The third-order valence-corrected chi connectivity index (χ3v) is 5.98. The van der Waals surface area contributed by atoms with Gasteiger partial charge in [0.15, 0.2) is 0 Å². The maximum absolute atomic E-state index is 6.62. The molecule has 0 aliphatic carbocycles. The molecule has 17 heavy (non-hydrogen) atoms. The van der Waals surface area contributed by atoms with E-state index in [4.69, 9.17) is 5.73 Å². The van der Waals surface area contributed by atoms with E-state index in [1.165, 1.54) is 44.1 Å². The lowest BCUT2D eigenvalue weighted by Gasteiger charge is -2.53. The Labute approximate surface area is 106 Å². The highest BCUT2D eigenvalue weighted by atomic mass is 32.1. The first kappa shape index (κ1) is 10.5. The quantitative estimate of drug-likeness (QED) is 0.790. The zero-order chi connectivity index (χ0) is 11.5. The molecule has 5 rings (SSSR count). The van der Waals surface area contributed by atoms with Gasteiger partial charge in [-0.3, -0.25) is 0 Å². The molecular formula is C13H19N3S. The van der Waals surface area contributed by atoms with E-state index in [2.05, 4.69) is 27.3 Å². The van der Waals surface area contributed by atoms with E-state index in [0.717, 1.165) is 0 Å². The Morgan fingerprint density at radius 2 is 1.94 bits per heavy atom. The van der Waals surface area contributed by atoms with Gasteiger partial charge in [-0.15, -0.1) is 11.3 Å². The largest absolute Gasteiger partial charge is 0.326 e. The molecule has 0 amide bonds. The standard InChI is InChI=1S/C13H19N3S/c14-12-10-6-15-3-4-16(7-10)9-13(12,8-15)11-2-1-5-17-11/h1-2,5,10,12H,3-4,6-9,14H2. The topological polar surface area (TPSA) is 32.5 Å².